The van der Waals surface area contributed by atoms with E-state index in [0.29, 0.717) is 24.4 Å². The van der Waals surface area contributed by atoms with Crippen LogP contribution < -0.4 is 5.56 Å². The Morgan fingerprint density at radius 1 is 1.35 bits per heavy atom. The van der Waals surface area contributed by atoms with Crippen LogP contribution in [0.4, 0.5) is 0 Å². The van der Waals surface area contributed by atoms with Gasteiger partial charge in [-0.25, -0.2) is 4.98 Å². The lowest BCUT2D eigenvalue weighted by molar-refractivity contribution is -0.133. The summed E-state index contributed by atoms with van der Waals surface area (Å²) in [6.45, 7) is 9.70. The molecule has 0 radical (unpaired) electrons. The Morgan fingerprint density at radius 2 is 2.04 bits per heavy atom. The molecule has 0 aliphatic carbocycles. The number of thiophene rings is 1. The lowest BCUT2D eigenvalue weighted by Crippen LogP contribution is -2.45. The van der Waals surface area contributed by atoms with Gasteiger partial charge in [0, 0.05) is 44.0 Å². The van der Waals surface area contributed by atoms with Gasteiger partial charge in [0.1, 0.15) is 4.83 Å². The molecule has 0 unspecified atom stereocenters. The molecule has 142 valence electrons. The Morgan fingerprint density at radius 3 is 2.69 bits per heavy atom. The zero-order valence-corrected chi connectivity index (χ0v) is 16.9. The summed E-state index contributed by atoms with van der Waals surface area (Å²) in [5.41, 5.74) is 0.964. The van der Waals surface area contributed by atoms with Gasteiger partial charge in [-0.1, -0.05) is 6.92 Å². The first kappa shape index (κ1) is 19.0. The average Bonchev–Trinajstić information content (AvgIpc) is 2.95. The highest BCUT2D eigenvalue weighted by Crippen LogP contribution is 2.25. The summed E-state index contributed by atoms with van der Waals surface area (Å²) in [6, 6.07) is 0.310. The normalized spacial score (nSPS) is 16.3. The van der Waals surface area contributed by atoms with Crippen LogP contribution in [0.5, 0.6) is 0 Å². The van der Waals surface area contributed by atoms with E-state index in [4.69, 9.17) is 0 Å². The van der Waals surface area contributed by atoms with E-state index >= 15 is 0 Å². The van der Waals surface area contributed by atoms with Crippen molar-refractivity contribution in [1.82, 2.24) is 19.4 Å². The van der Waals surface area contributed by atoms with E-state index in [0.717, 1.165) is 47.7 Å². The lowest BCUT2D eigenvalue weighted by atomic mass is 10.0. The number of rotatable bonds is 5. The number of likely N-dealkylation sites (tertiary alicyclic amines) is 1. The van der Waals surface area contributed by atoms with Gasteiger partial charge in [-0.05, 0) is 38.8 Å². The van der Waals surface area contributed by atoms with Crippen LogP contribution in [-0.2, 0) is 11.3 Å². The summed E-state index contributed by atoms with van der Waals surface area (Å²) < 4.78 is 1.58. The van der Waals surface area contributed by atoms with E-state index in [1.54, 1.807) is 22.2 Å². The minimum Gasteiger partial charge on any atom is -0.343 e. The minimum atomic E-state index is -0.0384. The highest BCUT2D eigenvalue weighted by Gasteiger charge is 2.24. The highest BCUT2D eigenvalue weighted by atomic mass is 32.1. The minimum absolute atomic E-state index is 0.0384. The van der Waals surface area contributed by atoms with Gasteiger partial charge in [0.15, 0.2) is 0 Å². The number of hydrogen-bond acceptors (Lipinski definition) is 5. The molecular formula is C19H28N4O2S. The second kappa shape index (κ2) is 7.88. The highest BCUT2D eigenvalue weighted by molar-refractivity contribution is 7.18. The van der Waals surface area contributed by atoms with Crippen molar-refractivity contribution in [3.05, 3.63) is 27.1 Å². The summed E-state index contributed by atoms with van der Waals surface area (Å²) in [4.78, 5) is 35.9. The van der Waals surface area contributed by atoms with Gasteiger partial charge in [-0.15, -0.1) is 11.3 Å². The SMILES string of the molecule is CCN1CCC(N(C)C(=O)CCn2cnc3sc(C)c(C)c3c2=O)CC1. The zero-order valence-electron chi connectivity index (χ0n) is 16.1. The van der Waals surface area contributed by atoms with E-state index in [1.165, 1.54) is 0 Å². The van der Waals surface area contributed by atoms with Gasteiger partial charge < -0.3 is 9.80 Å². The first-order valence-corrected chi connectivity index (χ1v) is 10.2. The van der Waals surface area contributed by atoms with Gasteiger partial charge in [0.05, 0.1) is 11.7 Å². The van der Waals surface area contributed by atoms with Crippen molar-refractivity contribution in [2.24, 2.45) is 0 Å². The summed E-state index contributed by atoms with van der Waals surface area (Å²) in [6.07, 6.45) is 3.96. The molecule has 1 fully saturated rings. The number of hydrogen-bond donors (Lipinski definition) is 0. The largest absolute Gasteiger partial charge is 0.343 e. The number of carbonyl (C=O) groups is 1. The van der Waals surface area contributed by atoms with Crippen LogP contribution in [0.3, 0.4) is 0 Å². The molecule has 0 saturated carbocycles. The van der Waals surface area contributed by atoms with E-state index in [9.17, 15) is 9.59 Å². The maximum Gasteiger partial charge on any atom is 0.262 e. The third-order valence-corrected chi connectivity index (χ3v) is 6.78. The smallest absolute Gasteiger partial charge is 0.262 e. The number of fused-ring (bicyclic) bond motifs is 1. The van der Waals surface area contributed by atoms with Crippen LogP contribution in [0.2, 0.25) is 0 Å². The van der Waals surface area contributed by atoms with E-state index in [2.05, 4.69) is 16.8 Å². The molecule has 2 aromatic rings. The van der Waals surface area contributed by atoms with E-state index in [-0.39, 0.29) is 11.5 Å². The molecule has 3 rings (SSSR count). The van der Waals surface area contributed by atoms with Crippen LogP contribution in [0.1, 0.15) is 36.6 Å². The van der Waals surface area contributed by atoms with Crippen molar-refractivity contribution < 1.29 is 4.79 Å². The molecule has 1 aliphatic heterocycles. The van der Waals surface area contributed by atoms with Crippen LogP contribution >= 0.6 is 11.3 Å². The number of aryl methyl sites for hydroxylation is 3. The molecule has 0 aromatic carbocycles. The first-order valence-electron chi connectivity index (χ1n) is 9.35. The molecule has 0 atom stereocenters. The second-order valence-electron chi connectivity index (χ2n) is 7.13. The predicted molar refractivity (Wildman–Crippen MR) is 106 cm³/mol. The topological polar surface area (TPSA) is 58.4 Å². The zero-order chi connectivity index (χ0) is 18.8. The van der Waals surface area contributed by atoms with Crippen LogP contribution in [-0.4, -0.2) is 58.0 Å². The number of carbonyl (C=O) groups excluding carboxylic acids is 1. The maximum atomic E-state index is 12.7. The van der Waals surface area contributed by atoms with Gasteiger partial charge >= 0.3 is 0 Å². The molecule has 0 bridgehead atoms. The summed E-state index contributed by atoms with van der Waals surface area (Å²) in [5, 5.41) is 0.697. The van der Waals surface area contributed by atoms with Crippen molar-refractivity contribution in [3.8, 4) is 0 Å². The molecular weight excluding hydrogens is 348 g/mol. The third-order valence-electron chi connectivity index (χ3n) is 5.67. The fourth-order valence-corrected chi connectivity index (χ4v) is 4.64. The molecule has 0 spiro atoms. The lowest BCUT2D eigenvalue weighted by Gasteiger charge is -2.36. The molecule has 7 heteroatoms. The predicted octanol–water partition coefficient (Wildman–Crippen LogP) is 2.41. The number of aromatic nitrogens is 2. The standard InChI is InChI=1S/C19H28N4O2S/c1-5-22-9-6-15(7-10-22)21(4)16(24)8-11-23-12-20-18-17(19(23)25)13(2)14(3)26-18/h12,15H,5-11H2,1-4H3. The quantitative estimate of drug-likeness (QED) is 0.804. The fourth-order valence-electron chi connectivity index (χ4n) is 3.65. The Labute approximate surface area is 158 Å². The Hall–Kier alpha value is -1.73. The number of piperidine rings is 1. The van der Waals surface area contributed by atoms with Crippen molar-refractivity contribution in [1.29, 1.82) is 0 Å². The van der Waals surface area contributed by atoms with Gasteiger partial charge in [-0.3, -0.25) is 14.2 Å². The average molecular weight is 377 g/mol. The summed E-state index contributed by atoms with van der Waals surface area (Å²) in [7, 11) is 1.89. The van der Waals surface area contributed by atoms with Gasteiger partial charge in [0.25, 0.3) is 5.56 Å². The second-order valence-corrected chi connectivity index (χ2v) is 8.33. The van der Waals surface area contributed by atoms with Crippen LogP contribution in [0.25, 0.3) is 10.2 Å². The van der Waals surface area contributed by atoms with E-state index < -0.39 is 0 Å². The number of nitrogens with zero attached hydrogens (tertiary/aromatic N) is 4. The fraction of sp³-hybridized carbons (Fsp3) is 0.632. The molecule has 26 heavy (non-hydrogen) atoms. The molecule has 1 aliphatic rings. The first-order chi connectivity index (χ1) is 12.4. The van der Waals surface area contributed by atoms with Crippen LogP contribution in [0.15, 0.2) is 11.1 Å². The summed E-state index contributed by atoms with van der Waals surface area (Å²) >= 11 is 1.55. The van der Waals surface area contributed by atoms with Gasteiger partial charge in [0.2, 0.25) is 5.91 Å². The maximum absolute atomic E-state index is 12.7. The molecule has 1 saturated heterocycles. The van der Waals surface area contributed by atoms with E-state index in [1.807, 2.05) is 25.8 Å². The molecule has 3 heterocycles. The molecule has 1 amide bonds. The Bertz CT molecular complexity index is 849. The third kappa shape index (κ3) is 3.69. The van der Waals surface area contributed by atoms with Crippen LogP contribution in [0, 0.1) is 13.8 Å². The van der Waals surface area contributed by atoms with Crippen molar-refractivity contribution in [2.75, 3.05) is 26.7 Å². The van der Waals surface area contributed by atoms with Gasteiger partial charge in [-0.2, -0.15) is 0 Å². The van der Waals surface area contributed by atoms with Crippen molar-refractivity contribution in [2.45, 2.75) is 52.6 Å². The molecule has 2 aromatic heterocycles. The van der Waals surface area contributed by atoms with Crippen molar-refractivity contribution >= 4 is 27.5 Å². The van der Waals surface area contributed by atoms with Crippen molar-refractivity contribution in [3.63, 3.8) is 0 Å². The monoisotopic (exact) mass is 376 g/mol. The molecule has 0 N–H and O–H groups in total. The summed E-state index contributed by atoms with van der Waals surface area (Å²) in [5.74, 6) is 0.102. The number of amides is 1. The Kier molecular flexibility index (Phi) is 5.77. The Balaban J connectivity index is 1.64. The molecule has 6 nitrogen and oxygen atoms in total.